The number of para-hydroxylation sites is 1. The number of hydrogen-bond donors (Lipinski definition) is 2. The number of carbonyl (C=O) groups is 2. The van der Waals surface area contributed by atoms with Crippen LogP contribution in [0.4, 0.5) is 5.69 Å². The number of anilines is 1. The van der Waals surface area contributed by atoms with Crippen molar-refractivity contribution in [1.82, 2.24) is 14.7 Å². The van der Waals surface area contributed by atoms with Crippen LogP contribution < -0.4 is 5.32 Å². The summed E-state index contributed by atoms with van der Waals surface area (Å²) in [6, 6.07) is 9.14. The Balaban J connectivity index is 1.74. The highest BCUT2D eigenvalue weighted by molar-refractivity contribution is 5.93. The summed E-state index contributed by atoms with van der Waals surface area (Å²) in [7, 11) is 0. The number of rotatable bonds is 5. The summed E-state index contributed by atoms with van der Waals surface area (Å²) in [5, 5.41) is 16.6. The maximum absolute atomic E-state index is 12.4. The van der Waals surface area contributed by atoms with Crippen molar-refractivity contribution in [2.45, 2.75) is 32.7 Å². The van der Waals surface area contributed by atoms with Crippen molar-refractivity contribution >= 4 is 17.6 Å². The van der Waals surface area contributed by atoms with Crippen LogP contribution in [-0.4, -0.2) is 50.8 Å². The summed E-state index contributed by atoms with van der Waals surface area (Å²) in [5.74, 6) is -1.08. The van der Waals surface area contributed by atoms with Crippen LogP contribution in [-0.2, 0) is 9.59 Å². The van der Waals surface area contributed by atoms with Crippen molar-refractivity contribution in [3.8, 4) is 5.69 Å². The van der Waals surface area contributed by atoms with Crippen molar-refractivity contribution in [2.75, 3.05) is 18.4 Å². The normalized spacial score (nSPS) is 17.6. The smallest absolute Gasteiger partial charge is 0.320 e. The van der Waals surface area contributed by atoms with Gasteiger partial charge >= 0.3 is 5.97 Å². The van der Waals surface area contributed by atoms with Gasteiger partial charge in [0.05, 0.1) is 29.3 Å². The van der Waals surface area contributed by atoms with E-state index in [0.29, 0.717) is 18.7 Å². The molecule has 0 aliphatic carbocycles. The number of benzene rings is 1. The first kappa shape index (κ1) is 17.2. The van der Waals surface area contributed by atoms with Crippen LogP contribution in [0.25, 0.3) is 5.69 Å². The van der Waals surface area contributed by atoms with Crippen LogP contribution in [0.3, 0.4) is 0 Å². The Bertz CT molecular complexity index is 785. The molecule has 1 unspecified atom stereocenters. The number of aliphatic carboxylic acids is 1. The molecule has 0 radical (unpaired) electrons. The predicted molar refractivity (Wildman–Crippen MR) is 93.9 cm³/mol. The number of aromatic nitrogens is 2. The minimum atomic E-state index is -0.866. The Morgan fingerprint density at radius 2 is 2.00 bits per heavy atom. The van der Waals surface area contributed by atoms with Crippen molar-refractivity contribution in [3.63, 3.8) is 0 Å². The van der Waals surface area contributed by atoms with Gasteiger partial charge in [0, 0.05) is 0 Å². The van der Waals surface area contributed by atoms with Gasteiger partial charge in [0.1, 0.15) is 6.04 Å². The van der Waals surface area contributed by atoms with E-state index in [4.69, 9.17) is 0 Å². The average Bonchev–Trinajstić information content (AvgIpc) is 3.15. The number of nitrogens with one attached hydrogen (secondary N) is 1. The first-order valence-electron chi connectivity index (χ1n) is 8.35. The second kappa shape index (κ2) is 7.06. The molecule has 1 aliphatic rings. The first-order valence-corrected chi connectivity index (χ1v) is 8.35. The number of carboxylic acid groups (broad SMARTS) is 1. The van der Waals surface area contributed by atoms with Gasteiger partial charge in [0.25, 0.3) is 0 Å². The van der Waals surface area contributed by atoms with E-state index < -0.39 is 12.0 Å². The topological polar surface area (TPSA) is 87.5 Å². The molecule has 25 heavy (non-hydrogen) atoms. The van der Waals surface area contributed by atoms with E-state index in [2.05, 4.69) is 10.4 Å². The summed E-state index contributed by atoms with van der Waals surface area (Å²) >= 11 is 0. The van der Waals surface area contributed by atoms with E-state index in [1.165, 1.54) is 0 Å². The second-order valence-electron chi connectivity index (χ2n) is 6.31. The zero-order valence-corrected chi connectivity index (χ0v) is 14.4. The summed E-state index contributed by atoms with van der Waals surface area (Å²) < 4.78 is 1.79. The Labute approximate surface area is 146 Å². The van der Waals surface area contributed by atoms with Gasteiger partial charge in [-0.1, -0.05) is 18.2 Å². The molecule has 1 fully saturated rings. The van der Waals surface area contributed by atoms with Gasteiger partial charge in [0.15, 0.2) is 0 Å². The molecule has 0 saturated carbocycles. The van der Waals surface area contributed by atoms with E-state index in [1.807, 2.05) is 44.2 Å². The lowest BCUT2D eigenvalue weighted by Crippen LogP contribution is -2.41. The number of hydrogen-bond acceptors (Lipinski definition) is 4. The number of amides is 1. The molecule has 0 bridgehead atoms. The van der Waals surface area contributed by atoms with Crippen molar-refractivity contribution in [1.29, 1.82) is 0 Å². The molecule has 2 heterocycles. The highest BCUT2D eigenvalue weighted by Gasteiger charge is 2.31. The Hall–Kier alpha value is -2.67. The Kier molecular flexibility index (Phi) is 4.85. The van der Waals surface area contributed by atoms with Gasteiger partial charge < -0.3 is 10.4 Å². The molecule has 0 spiro atoms. The Morgan fingerprint density at radius 1 is 1.28 bits per heavy atom. The monoisotopic (exact) mass is 342 g/mol. The van der Waals surface area contributed by atoms with Crippen LogP contribution in [0.1, 0.15) is 24.2 Å². The van der Waals surface area contributed by atoms with E-state index >= 15 is 0 Å². The average molecular weight is 342 g/mol. The van der Waals surface area contributed by atoms with Gasteiger partial charge in [-0.2, -0.15) is 5.10 Å². The molecular formula is C18H22N4O3. The third-order valence-electron chi connectivity index (χ3n) is 4.55. The van der Waals surface area contributed by atoms with Gasteiger partial charge in [-0.25, -0.2) is 4.68 Å². The van der Waals surface area contributed by atoms with E-state index in [9.17, 15) is 14.7 Å². The van der Waals surface area contributed by atoms with Crippen LogP contribution >= 0.6 is 0 Å². The lowest BCUT2D eigenvalue weighted by molar-refractivity contribution is -0.142. The molecular weight excluding hydrogens is 320 g/mol. The SMILES string of the molecule is Cc1nn(-c2ccccc2)c(C)c1NC(=O)CN1CCCC1C(=O)O. The number of carboxylic acids is 1. The van der Waals surface area contributed by atoms with Crippen LogP contribution in [0, 0.1) is 13.8 Å². The summed E-state index contributed by atoms with van der Waals surface area (Å²) in [6.45, 7) is 4.45. The van der Waals surface area contributed by atoms with E-state index in [-0.39, 0.29) is 12.5 Å². The molecule has 7 heteroatoms. The highest BCUT2D eigenvalue weighted by atomic mass is 16.4. The fraction of sp³-hybridized carbons (Fsp3) is 0.389. The maximum atomic E-state index is 12.4. The molecule has 132 valence electrons. The van der Waals surface area contributed by atoms with Gasteiger partial charge in [-0.05, 0) is 45.4 Å². The third kappa shape index (κ3) is 3.56. The Morgan fingerprint density at radius 3 is 2.68 bits per heavy atom. The molecule has 1 atom stereocenters. The van der Waals surface area contributed by atoms with Crippen LogP contribution in [0.15, 0.2) is 30.3 Å². The lowest BCUT2D eigenvalue weighted by Gasteiger charge is -2.20. The predicted octanol–water partition coefficient (Wildman–Crippen LogP) is 1.98. The minimum absolute atomic E-state index is 0.0758. The van der Waals surface area contributed by atoms with Gasteiger partial charge in [0.2, 0.25) is 5.91 Å². The number of likely N-dealkylation sites (tertiary alicyclic amines) is 1. The summed E-state index contributed by atoms with van der Waals surface area (Å²) in [4.78, 5) is 25.3. The first-order chi connectivity index (χ1) is 12.0. The minimum Gasteiger partial charge on any atom is -0.480 e. The summed E-state index contributed by atoms with van der Waals surface area (Å²) in [5.41, 5.74) is 3.17. The van der Waals surface area contributed by atoms with Crippen molar-refractivity contribution in [2.24, 2.45) is 0 Å². The zero-order valence-electron chi connectivity index (χ0n) is 14.4. The van der Waals surface area contributed by atoms with E-state index in [0.717, 1.165) is 23.5 Å². The highest BCUT2D eigenvalue weighted by Crippen LogP contribution is 2.23. The molecule has 1 aliphatic heterocycles. The number of nitrogens with zero attached hydrogens (tertiary/aromatic N) is 3. The quantitative estimate of drug-likeness (QED) is 0.867. The standard InChI is InChI=1S/C18H22N4O3/c1-12-17(13(2)22(20-12)14-7-4-3-5-8-14)19-16(23)11-21-10-6-9-15(21)18(24)25/h3-5,7-8,15H,6,9-11H2,1-2H3,(H,19,23)(H,24,25). The molecule has 3 rings (SSSR count). The summed E-state index contributed by atoms with van der Waals surface area (Å²) in [6.07, 6.45) is 1.39. The largest absolute Gasteiger partial charge is 0.480 e. The molecule has 1 aromatic carbocycles. The zero-order chi connectivity index (χ0) is 18.0. The molecule has 1 amide bonds. The fourth-order valence-electron chi connectivity index (χ4n) is 3.30. The van der Waals surface area contributed by atoms with Crippen molar-refractivity contribution < 1.29 is 14.7 Å². The number of aryl methyl sites for hydroxylation is 1. The van der Waals surface area contributed by atoms with Crippen molar-refractivity contribution in [3.05, 3.63) is 41.7 Å². The maximum Gasteiger partial charge on any atom is 0.320 e. The molecule has 7 nitrogen and oxygen atoms in total. The lowest BCUT2D eigenvalue weighted by atomic mass is 10.2. The van der Waals surface area contributed by atoms with Gasteiger partial charge in [-0.15, -0.1) is 0 Å². The third-order valence-corrected chi connectivity index (χ3v) is 4.55. The van der Waals surface area contributed by atoms with Gasteiger partial charge in [-0.3, -0.25) is 14.5 Å². The fourth-order valence-corrected chi connectivity index (χ4v) is 3.30. The molecule has 2 N–H and O–H groups in total. The number of carbonyl (C=O) groups excluding carboxylic acids is 1. The van der Waals surface area contributed by atoms with E-state index in [1.54, 1.807) is 9.58 Å². The second-order valence-corrected chi connectivity index (χ2v) is 6.31. The molecule has 1 aromatic heterocycles. The van der Waals surface area contributed by atoms with Crippen LogP contribution in [0.5, 0.6) is 0 Å². The molecule has 2 aromatic rings. The van der Waals surface area contributed by atoms with Crippen LogP contribution in [0.2, 0.25) is 0 Å². The molecule has 1 saturated heterocycles.